The zero-order valence-corrected chi connectivity index (χ0v) is 7.41. The van der Waals surface area contributed by atoms with E-state index in [-0.39, 0.29) is 17.3 Å². The third-order valence-electron chi connectivity index (χ3n) is 1.26. The molecule has 1 rings (SSSR count). The van der Waals surface area contributed by atoms with Gasteiger partial charge in [-0.1, -0.05) is 12.2 Å². The molecule has 0 bridgehead atoms. The molecule has 2 nitrogen and oxygen atoms in total. The fourth-order valence-corrected chi connectivity index (χ4v) is 0.800. The lowest BCUT2D eigenvalue weighted by molar-refractivity contribution is 0.353. The minimum absolute atomic E-state index is 0.0577. The van der Waals surface area contributed by atoms with Crippen molar-refractivity contribution in [3.63, 3.8) is 0 Å². The van der Waals surface area contributed by atoms with Crippen LogP contribution in [-0.4, -0.2) is 11.6 Å². The summed E-state index contributed by atoms with van der Waals surface area (Å²) in [6, 6.07) is 3.01. The Hall–Kier alpha value is -1.23. The Morgan fingerprint density at radius 3 is 2.69 bits per heavy atom. The van der Waals surface area contributed by atoms with Crippen LogP contribution in [0.1, 0.15) is 0 Å². The van der Waals surface area contributed by atoms with Gasteiger partial charge in [0.25, 0.3) is 0 Å². The summed E-state index contributed by atoms with van der Waals surface area (Å²) < 4.78 is 30.1. The second-order valence-electron chi connectivity index (χ2n) is 2.33. The van der Waals surface area contributed by atoms with Crippen LogP contribution in [0.5, 0.6) is 5.75 Å². The van der Waals surface area contributed by atoms with Gasteiger partial charge >= 0.3 is 0 Å². The molecule has 0 aliphatic heterocycles. The molecule has 0 spiro atoms. The average Bonchev–Trinajstić information content (AvgIpc) is 2.02. The van der Waals surface area contributed by atoms with E-state index in [1.807, 2.05) is 0 Å². The lowest BCUT2D eigenvalue weighted by Gasteiger charge is -2.05. The minimum atomic E-state index is -0.767. The van der Waals surface area contributed by atoms with Crippen LogP contribution in [0.4, 0.5) is 8.78 Å². The topological polar surface area (TPSA) is 35.2 Å². The predicted molar refractivity (Wildman–Crippen MR) is 48.6 cm³/mol. The van der Waals surface area contributed by atoms with Crippen LogP contribution in [0, 0.1) is 11.6 Å². The van der Waals surface area contributed by atoms with Crippen LogP contribution < -0.4 is 10.5 Å². The van der Waals surface area contributed by atoms with Crippen molar-refractivity contribution in [2.24, 2.45) is 5.73 Å². The van der Waals surface area contributed by atoms with Gasteiger partial charge in [-0.15, -0.1) is 0 Å². The maximum Gasteiger partial charge on any atom is 0.167 e. The zero-order valence-electron chi connectivity index (χ0n) is 6.59. The molecule has 0 aliphatic carbocycles. The summed E-state index contributed by atoms with van der Waals surface area (Å²) in [4.78, 5) is 0.115. The SMILES string of the molecule is NC(=S)COc1ccc(F)cc1F. The first-order valence-electron chi connectivity index (χ1n) is 3.46. The molecule has 5 heteroatoms. The molecule has 0 aliphatic rings. The molecule has 0 fully saturated rings. The lowest BCUT2D eigenvalue weighted by Crippen LogP contribution is -2.18. The van der Waals surface area contributed by atoms with Crippen molar-refractivity contribution in [2.45, 2.75) is 0 Å². The van der Waals surface area contributed by atoms with Gasteiger partial charge in [0, 0.05) is 6.07 Å². The molecule has 1 aromatic carbocycles. The van der Waals surface area contributed by atoms with Crippen molar-refractivity contribution < 1.29 is 13.5 Å². The van der Waals surface area contributed by atoms with Gasteiger partial charge in [-0.2, -0.15) is 0 Å². The fraction of sp³-hybridized carbons (Fsp3) is 0.125. The van der Waals surface area contributed by atoms with E-state index >= 15 is 0 Å². The highest BCUT2D eigenvalue weighted by atomic mass is 32.1. The molecule has 0 saturated carbocycles. The van der Waals surface area contributed by atoms with Crippen LogP contribution in [0.3, 0.4) is 0 Å². The standard InChI is InChI=1S/C8H7F2NOS/c9-5-1-2-7(6(10)3-5)12-4-8(11)13/h1-3H,4H2,(H2,11,13). The summed E-state index contributed by atoms with van der Waals surface area (Å²) >= 11 is 4.52. The number of rotatable bonds is 3. The number of thiocarbonyl (C=S) groups is 1. The molecule has 0 aromatic heterocycles. The lowest BCUT2D eigenvalue weighted by atomic mass is 10.3. The van der Waals surface area contributed by atoms with Crippen molar-refractivity contribution in [2.75, 3.05) is 6.61 Å². The number of hydrogen-bond donors (Lipinski definition) is 1. The van der Waals surface area contributed by atoms with Crippen molar-refractivity contribution in [3.05, 3.63) is 29.8 Å². The van der Waals surface area contributed by atoms with Crippen LogP contribution in [0.2, 0.25) is 0 Å². The Labute approximate surface area is 79.3 Å². The number of nitrogens with two attached hydrogens (primary N) is 1. The molecule has 0 amide bonds. The first-order chi connectivity index (χ1) is 6.09. The zero-order chi connectivity index (χ0) is 9.84. The average molecular weight is 203 g/mol. The Balaban J connectivity index is 2.72. The summed E-state index contributed by atoms with van der Waals surface area (Å²) in [7, 11) is 0. The molecular formula is C8H7F2NOS. The van der Waals surface area contributed by atoms with Gasteiger partial charge in [0.2, 0.25) is 0 Å². The Kier molecular flexibility index (Phi) is 3.13. The monoisotopic (exact) mass is 203 g/mol. The highest BCUT2D eigenvalue weighted by Crippen LogP contribution is 2.17. The van der Waals surface area contributed by atoms with Gasteiger partial charge in [0.1, 0.15) is 17.4 Å². The third-order valence-corrected chi connectivity index (χ3v) is 1.38. The van der Waals surface area contributed by atoms with Crippen LogP contribution in [0.25, 0.3) is 0 Å². The van der Waals surface area contributed by atoms with E-state index in [0.29, 0.717) is 0 Å². The van der Waals surface area contributed by atoms with Gasteiger partial charge in [0.15, 0.2) is 11.6 Å². The molecular weight excluding hydrogens is 196 g/mol. The van der Waals surface area contributed by atoms with Gasteiger partial charge in [-0.05, 0) is 12.1 Å². The van der Waals surface area contributed by atoms with Gasteiger partial charge in [-0.25, -0.2) is 8.78 Å². The van der Waals surface area contributed by atoms with E-state index in [1.54, 1.807) is 0 Å². The second-order valence-corrected chi connectivity index (χ2v) is 2.85. The van der Waals surface area contributed by atoms with E-state index in [9.17, 15) is 8.78 Å². The van der Waals surface area contributed by atoms with Crippen molar-refractivity contribution in [1.29, 1.82) is 0 Å². The van der Waals surface area contributed by atoms with Crippen LogP contribution >= 0.6 is 12.2 Å². The molecule has 2 N–H and O–H groups in total. The first-order valence-corrected chi connectivity index (χ1v) is 3.86. The number of ether oxygens (including phenoxy) is 1. The van der Waals surface area contributed by atoms with Gasteiger partial charge in [0.05, 0.1) is 0 Å². The van der Waals surface area contributed by atoms with Crippen LogP contribution in [0.15, 0.2) is 18.2 Å². The summed E-state index contributed by atoms with van der Waals surface area (Å²) in [6.07, 6.45) is 0. The maximum absolute atomic E-state index is 12.9. The summed E-state index contributed by atoms with van der Waals surface area (Å²) in [5.74, 6) is -1.48. The van der Waals surface area contributed by atoms with Crippen molar-refractivity contribution in [3.8, 4) is 5.75 Å². The Morgan fingerprint density at radius 2 is 2.15 bits per heavy atom. The fourth-order valence-electron chi connectivity index (χ4n) is 0.741. The summed E-state index contributed by atoms with van der Waals surface area (Å²) in [5.41, 5.74) is 5.13. The molecule has 70 valence electrons. The largest absolute Gasteiger partial charge is 0.483 e. The number of benzene rings is 1. The molecule has 0 radical (unpaired) electrons. The van der Waals surface area contributed by atoms with E-state index in [4.69, 9.17) is 10.5 Å². The maximum atomic E-state index is 12.9. The Bertz CT molecular complexity index is 330. The van der Waals surface area contributed by atoms with Crippen molar-refractivity contribution >= 4 is 17.2 Å². The van der Waals surface area contributed by atoms with E-state index in [2.05, 4.69) is 12.2 Å². The second kappa shape index (κ2) is 4.13. The van der Waals surface area contributed by atoms with Gasteiger partial charge in [-0.3, -0.25) is 0 Å². The molecule has 0 saturated heterocycles. The summed E-state index contributed by atoms with van der Waals surface area (Å²) in [5, 5.41) is 0. The first kappa shape index (κ1) is 9.85. The van der Waals surface area contributed by atoms with Crippen LogP contribution in [-0.2, 0) is 0 Å². The third kappa shape index (κ3) is 2.95. The van der Waals surface area contributed by atoms with E-state index < -0.39 is 11.6 Å². The summed E-state index contributed by atoms with van der Waals surface area (Å²) in [6.45, 7) is -0.0577. The molecule has 0 heterocycles. The smallest absolute Gasteiger partial charge is 0.167 e. The molecule has 1 aromatic rings. The molecule has 0 atom stereocenters. The van der Waals surface area contributed by atoms with E-state index in [0.717, 1.165) is 12.1 Å². The minimum Gasteiger partial charge on any atom is -0.483 e. The number of hydrogen-bond acceptors (Lipinski definition) is 2. The normalized spacial score (nSPS) is 9.69. The predicted octanol–water partition coefficient (Wildman–Crippen LogP) is 1.63. The highest BCUT2D eigenvalue weighted by Gasteiger charge is 2.04. The molecule has 13 heavy (non-hydrogen) atoms. The van der Waals surface area contributed by atoms with Gasteiger partial charge < -0.3 is 10.5 Å². The van der Waals surface area contributed by atoms with E-state index in [1.165, 1.54) is 6.07 Å². The Morgan fingerprint density at radius 1 is 1.46 bits per heavy atom. The molecule has 0 unspecified atom stereocenters. The number of halogens is 2. The quantitative estimate of drug-likeness (QED) is 0.758. The van der Waals surface area contributed by atoms with Crippen molar-refractivity contribution in [1.82, 2.24) is 0 Å². The highest BCUT2D eigenvalue weighted by molar-refractivity contribution is 7.80.